The molecule has 0 saturated carbocycles. The summed E-state index contributed by atoms with van der Waals surface area (Å²) in [7, 11) is -1.60. The van der Waals surface area contributed by atoms with Gasteiger partial charge in [0.1, 0.15) is 0 Å². The topological polar surface area (TPSA) is 63.4 Å². The van der Waals surface area contributed by atoms with E-state index in [2.05, 4.69) is 0 Å². The highest BCUT2D eigenvalue weighted by molar-refractivity contribution is 7.89. The zero-order valence-electron chi connectivity index (χ0n) is 10.4. The minimum atomic E-state index is -3.24. The first-order valence-electron chi connectivity index (χ1n) is 5.45. The molecule has 0 spiro atoms. The Hall–Kier alpha value is -0.130. The van der Waals surface area contributed by atoms with Gasteiger partial charge in [-0.05, 0) is 19.3 Å². The Morgan fingerprint density at radius 1 is 1.27 bits per heavy atom. The molecule has 0 rings (SSSR count). The number of hydrogen-bond donors (Lipinski definition) is 1. The van der Waals surface area contributed by atoms with Crippen LogP contribution in [0.3, 0.4) is 0 Å². The Labute approximate surface area is 93.9 Å². The molecule has 0 aliphatic rings. The standard InChI is InChI=1S/C10H24N2O2S/c1-6-10(7-11)15(13,14)12(5)9(4)8(2)3/h8-10H,6-7,11H2,1-5H3. The fourth-order valence-corrected chi connectivity index (χ4v) is 3.23. The Bertz CT molecular complexity index is 271. The highest BCUT2D eigenvalue weighted by Gasteiger charge is 2.31. The molecule has 2 atom stereocenters. The van der Waals surface area contributed by atoms with Crippen LogP contribution in [0.15, 0.2) is 0 Å². The van der Waals surface area contributed by atoms with E-state index in [1.54, 1.807) is 7.05 Å². The van der Waals surface area contributed by atoms with E-state index < -0.39 is 15.3 Å². The second kappa shape index (κ2) is 5.82. The van der Waals surface area contributed by atoms with E-state index >= 15 is 0 Å². The third-order valence-electron chi connectivity index (χ3n) is 3.08. The van der Waals surface area contributed by atoms with Crippen LogP contribution in [0, 0.1) is 5.92 Å². The van der Waals surface area contributed by atoms with Gasteiger partial charge in [-0.15, -0.1) is 0 Å². The van der Waals surface area contributed by atoms with Gasteiger partial charge in [0.15, 0.2) is 0 Å². The van der Waals surface area contributed by atoms with Crippen molar-refractivity contribution in [1.82, 2.24) is 4.31 Å². The van der Waals surface area contributed by atoms with Crippen LogP contribution < -0.4 is 5.73 Å². The molecule has 0 heterocycles. The molecule has 2 unspecified atom stereocenters. The van der Waals surface area contributed by atoms with Gasteiger partial charge in [0.05, 0.1) is 5.25 Å². The first kappa shape index (κ1) is 14.9. The third-order valence-corrected chi connectivity index (χ3v) is 5.58. The normalized spacial score (nSPS) is 17.1. The van der Waals surface area contributed by atoms with Crippen molar-refractivity contribution in [3.05, 3.63) is 0 Å². The molecule has 0 aromatic carbocycles. The van der Waals surface area contributed by atoms with Crippen molar-refractivity contribution < 1.29 is 8.42 Å². The molecule has 2 N–H and O–H groups in total. The molecule has 0 saturated heterocycles. The summed E-state index contributed by atoms with van der Waals surface area (Å²) in [6.07, 6.45) is 0.563. The molecule has 0 aromatic rings. The van der Waals surface area contributed by atoms with E-state index in [9.17, 15) is 8.42 Å². The summed E-state index contributed by atoms with van der Waals surface area (Å²) in [6, 6.07) is 0.00981. The Morgan fingerprint density at radius 3 is 2.00 bits per heavy atom. The van der Waals surface area contributed by atoms with Crippen molar-refractivity contribution in [2.75, 3.05) is 13.6 Å². The summed E-state index contributed by atoms with van der Waals surface area (Å²) < 4.78 is 25.6. The van der Waals surface area contributed by atoms with Gasteiger partial charge >= 0.3 is 0 Å². The molecule has 0 radical (unpaired) electrons. The van der Waals surface area contributed by atoms with E-state index in [1.807, 2.05) is 27.7 Å². The SMILES string of the molecule is CCC(CN)S(=O)(=O)N(C)C(C)C(C)C. The van der Waals surface area contributed by atoms with Crippen molar-refractivity contribution >= 4 is 10.0 Å². The number of nitrogens with zero attached hydrogens (tertiary/aromatic N) is 1. The van der Waals surface area contributed by atoms with Crippen LogP contribution in [0.2, 0.25) is 0 Å². The van der Waals surface area contributed by atoms with Gasteiger partial charge in [0, 0.05) is 19.6 Å². The maximum Gasteiger partial charge on any atom is 0.218 e. The monoisotopic (exact) mass is 236 g/mol. The first-order valence-corrected chi connectivity index (χ1v) is 6.96. The molecule has 0 fully saturated rings. The van der Waals surface area contributed by atoms with Gasteiger partial charge in [0.25, 0.3) is 0 Å². The number of hydrogen-bond acceptors (Lipinski definition) is 3. The summed E-state index contributed by atoms with van der Waals surface area (Å²) in [5.74, 6) is 0.306. The second-order valence-electron chi connectivity index (χ2n) is 4.31. The van der Waals surface area contributed by atoms with Crippen LogP contribution in [0.5, 0.6) is 0 Å². The number of nitrogens with two attached hydrogens (primary N) is 1. The molecule has 0 aliphatic carbocycles. The highest BCUT2D eigenvalue weighted by atomic mass is 32.2. The average molecular weight is 236 g/mol. The van der Waals surface area contributed by atoms with Gasteiger partial charge in [-0.1, -0.05) is 20.8 Å². The van der Waals surface area contributed by atoms with Crippen LogP contribution in [0.25, 0.3) is 0 Å². The highest BCUT2D eigenvalue weighted by Crippen LogP contribution is 2.17. The van der Waals surface area contributed by atoms with E-state index in [4.69, 9.17) is 5.73 Å². The smallest absolute Gasteiger partial charge is 0.218 e. The zero-order chi connectivity index (χ0) is 12.2. The molecule has 4 nitrogen and oxygen atoms in total. The number of sulfonamides is 1. The summed E-state index contributed by atoms with van der Waals surface area (Å²) in [6.45, 7) is 7.99. The predicted octanol–water partition coefficient (Wildman–Crippen LogP) is 1.03. The van der Waals surface area contributed by atoms with Crippen molar-refractivity contribution in [2.45, 2.75) is 45.4 Å². The van der Waals surface area contributed by atoms with Crippen LogP contribution in [-0.4, -0.2) is 37.6 Å². The molecule has 0 aliphatic heterocycles. The van der Waals surface area contributed by atoms with E-state index in [1.165, 1.54) is 4.31 Å². The molecule has 5 heteroatoms. The maximum absolute atomic E-state index is 12.1. The molecular formula is C10H24N2O2S. The minimum absolute atomic E-state index is 0.00981. The lowest BCUT2D eigenvalue weighted by Crippen LogP contribution is -2.45. The first-order chi connectivity index (χ1) is 6.78. The number of rotatable bonds is 6. The van der Waals surface area contributed by atoms with Crippen LogP contribution in [0.1, 0.15) is 34.1 Å². The summed E-state index contributed by atoms with van der Waals surface area (Å²) in [5.41, 5.74) is 5.48. The predicted molar refractivity (Wildman–Crippen MR) is 64.1 cm³/mol. The molecule has 92 valence electrons. The van der Waals surface area contributed by atoms with Crippen molar-refractivity contribution in [3.8, 4) is 0 Å². The van der Waals surface area contributed by atoms with Crippen molar-refractivity contribution in [2.24, 2.45) is 11.7 Å². The van der Waals surface area contributed by atoms with Crippen molar-refractivity contribution in [3.63, 3.8) is 0 Å². The van der Waals surface area contributed by atoms with E-state index in [-0.39, 0.29) is 12.6 Å². The van der Waals surface area contributed by atoms with Crippen LogP contribution in [0.4, 0.5) is 0 Å². The largest absolute Gasteiger partial charge is 0.329 e. The lowest BCUT2D eigenvalue weighted by Gasteiger charge is -2.30. The van der Waals surface area contributed by atoms with Gasteiger partial charge in [-0.25, -0.2) is 12.7 Å². The molecule has 0 amide bonds. The van der Waals surface area contributed by atoms with E-state index in [0.29, 0.717) is 12.3 Å². The fraction of sp³-hybridized carbons (Fsp3) is 1.00. The van der Waals surface area contributed by atoms with Gasteiger partial charge in [0.2, 0.25) is 10.0 Å². The summed E-state index contributed by atoms with van der Waals surface area (Å²) >= 11 is 0. The lowest BCUT2D eigenvalue weighted by molar-refractivity contribution is 0.312. The Morgan fingerprint density at radius 2 is 1.73 bits per heavy atom. The molecule has 0 bridgehead atoms. The summed E-state index contributed by atoms with van der Waals surface area (Å²) in [4.78, 5) is 0. The molecule has 15 heavy (non-hydrogen) atoms. The Kier molecular flexibility index (Phi) is 5.77. The van der Waals surface area contributed by atoms with Gasteiger partial charge < -0.3 is 5.73 Å². The van der Waals surface area contributed by atoms with Crippen LogP contribution >= 0.6 is 0 Å². The van der Waals surface area contributed by atoms with Gasteiger partial charge in [-0.3, -0.25) is 0 Å². The quantitative estimate of drug-likeness (QED) is 0.749. The van der Waals surface area contributed by atoms with Crippen molar-refractivity contribution in [1.29, 1.82) is 0 Å². The minimum Gasteiger partial charge on any atom is -0.329 e. The third kappa shape index (κ3) is 3.43. The van der Waals surface area contributed by atoms with E-state index in [0.717, 1.165) is 0 Å². The average Bonchev–Trinajstić information content (AvgIpc) is 2.16. The molecule has 0 aromatic heterocycles. The van der Waals surface area contributed by atoms with Gasteiger partial charge in [-0.2, -0.15) is 0 Å². The molecular weight excluding hydrogens is 212 g/mol. The fourth-order valence-electron chi connectivity index (χ4n) is 1.39. The zero-order valence-corrected chi connectivity index (χ0v) is 11.2. The second-order valence-corrected chi connectivity index (χ2v) is 6.58. The maximum atomic E-state index is 12.1. The lowest BCUT2D eigenvalue weighted by atomic mass is 10.1. The summed E-state index contributed by atoms with van der Waals surface area (Å²) in [5, 5.41) is -0.455. The Balaban J connectivity index is 4.87. The van der Waals surface area contributed by atoms with Crippen LogP contribution in [-0.2, 0) is 10.0 Å².